The van der Waals surface area contributed by atoms with Crippen LogP contribution in [0.4, 0.5) is 0 Å². The highest BCUT2D eigenvalue weighted by Crippen LogP contribution is 2.25. The van der Waals surface area contributed by atoms with Crippen molar-refractivity contribution in [2.75, 3.05) is 26.2 Å². The van der Waals surface area contributed by atoms with E-state index in [4.69, 9.17) is 9.26 Å². The van der Waals surface area contributed by atoms with Crippen molar-refractivity contribution in [3.05, 3.63) is 96.4 Å². The Bertz CT molecular complexity index is 1230. The summed E-state index contributed by atoms with van der Waals surface area (Å²) in [6.07, 6.45) is 0. The Labute approximate surface area is 198 Å². The van der Waals surface area contributed by atoms with Crippen LogP contribution in [0, 0.1) is 0 Å². The highest BCUT2D eigenvalue weighted by molar-refractivity contribution is 5.94. The largest absolute Gasteiger partial charge is 0.457 e. The number of benzene rings is 3. The maximum atomic E-state index is 13.1. The van der Waals surface area contributed by atoms with E-state index in [0.29, 0.717) is 36.1 Å². The average molecular weight is 455 g/mol. The second-order valence-electron chi connectivity index (χ2n) is 8.27. The molecule has 1 unspecified atom stereocenters. The number of ether oxygens (including phenoxy) is 1. The lowest BCUT2D eigenvalue weighted by molar-refractivity contribution is 0.0551. The fourth-order valence-electron chi connectivity index (χ4n) is 4.08. The van der Waals surface area contributed by atoms with E-state index in [-0.39, 0.29) is 11.9 Å². The van der Waals surface area contributed by atoms with Gasteiger partial charge in [0.15, 0.2) is 0 Å². The van der Waals surface area contributed by atoms with Gasteiger partial charge in [0.25, 0.3) is 5.91 Å². The molecule has 4 aromatic rings. The van der Waals surface area contributed by atoms with Crippen LogP contribution in [-0.4, -0.2) is 52.0 Å². The van der Waals surface area contributed by atoms with Crippen molar-refractivity contribution in [2.45, 2.75) is 13.0 Å². The number of piperazine rings is 1. The normalized spacial score (nSPS) is 15.1. The van der Waals surface area contributed by atoms with E-state index in [2.05, 4.69) is 22.0 Å². The van der Waals surface area contributed by atoms with Crippen LogP contribution in [0.1, 0.15) is 29.2 Å². The lowest BCUT2D eigenvalue weighted by atomic mass is 10.1. The third-order valence-electron chi connectivity index (χ3n) is 6.04. The first-order chi connectivity index (χ1) is 16.7. The summed E-state index contributed by atoms with van der Waals surface area (Å²) in [6, 6.07) is 26.7. The molecule has 1 atom stereocenters. The molecule has 34 heavy (non-hydrogen) atoms. The van der Waals surface area contributed by atoms with E-state index < -0.39 is 0 Å². The lowest BCUT2D eigenvalue weighted by Gasteiger charge is -2.36. The summed E-state index contributed by atoms with van der Waals surface area (Å²) in [7, 11) is 0. The summed E-state index contributed by atoms with van der Waals surface area (Å²) in [5, 5.41) is 4.13. The van der Waals surface area contributed by atoms with Gasteiger partial charge in [-0.3, -0.25) is 9.69 Å². The third kappa shape index (κ3) is 4.84. The predicted molar refractivity (Wildman–Crippen MR) is 129 cm³/mol. The van der Waals surface area contributed by atoms with Crippen molar-refractivity contribution in [2.24, 2.45) is 0 Å². The number of hydrogen-bond acceptors (Lipinski definition) is 6. The zero-order valence-electron chi connectivity index (χ0n) is 19.0. The second kappa shape index (κ2) is 9.89. The van der Waals surface area contributed by atoms with E-state index in [1.54, 1.807) is 6.07 Å². The first-order valence-electron chi connectivity index (χ1n) is 11.4. The highest BCUT2D eigenvalue weighted by atomic mass is 16.5. The Morgan fingerprint density at radius 3 is 2.29 bits per heavy atom. The minimum absolute atomic E-state index is 0.00923. The molecule has 0 bridgehead atoms. The van der Waals surface area contributed by atoms with Gasteiger partial charge in [-0.25, -0.2) is 0 Å². The van der Waals surface area contributed by atoms with Crippen LogP contribution in [0.25, 0.3) is 11.4 Å². The van der Waals surface area contributed by atoms with Gasteiger partial charge in [0, 0.05) is 37.3 Å². The Morgan fingerprint density at radius 2 is 1.56 bits per heavy atom. The summed E-state index contributed by atoms with van der Waals surface area (Å²) in [6.45, 7) is 4.79. The van der Waals surface area contributed by atoms with Crippen molar-refractivity contribution in [3.8, 4) is 22.9 Å². The number of amides is 1. The van der Waals surface area contributed by atoms with Crippen LogP contribution in [-0.2, 0) is 0 Å². The molecule has 7 heteroatoms. The van der Waals surface area contributed by atoms with Gasteiger partial charge in [0.2, 0.25) is 11.7 Å². The topological polar surface area (TPSA) is 71.7 Å². The second-order valence-corrected chi connectivity index (χ2v) is 8.27. The number of nitrogens with zero attached hydrogens (tertiary/aromatic N) is 4. The van der Waals surface area contributed by atoms with Crippen molar-refractivity contribution < 1.29 is 14.1 Å². The van der Waals surface area contributed by atoms with E-state index in [1.807, 2.05) is 83.8 Å². The molecule has 0 saturated carbocycles. The van der Waals surface area contributed by atoms with Crippen LogP contribution < -0.4 is 4.74 Å². The molecule has 1 amide bonds. The molecule has 0 aliphatic carbocycles. The van der Waals surface area contributed by atoms with Gasteiger partial charge in [-0.05, 0) is 37.3 Å². The number of para-hydroxylation sites is 1. The molecule has 0 spiro atoms. The molecule has 1 saturated heterocycles. The van der Waals surface area contributed by atoms with Gasteiger partial charge in [-0.15, -0.1) is 0 Å². The molecule has 1 aliphatic heterocycles. The standard InChI is InChI=1S/C27H26N4O3/c1-20(26-28-25(29-34-26)21-9-4-2-5-10-21)30-15-17-31(18-16-30)27(32)22-11-8-14-24(19-22)33-23-12-6-3-7-13-23/h2-14,19-20H,15-18H2,1H3. The van der Waals surface area contributed by atoms with Gasteiger partial charge in [0.05, 0.1) is 6.04 Å². The van der Waals surface area contributed by atoms with E-state index >= 15 is 0 Å². The molecular weight excluding hydrogens is 428 g/mol. The number of rotatable bonds is 6. The van der Waals surface area contributed by atoms with Gasteiger partial charge >= 0.3 is 0 Å². The van der Waals surface area contributed by atoms with Crippen LogP contribution in [0.5, 0.6) is 11.5 Å². The Morgan fingerprint density at radius 1 is 0.882 bits per heavy atom. The maximum Gasteiger partial charge on any atom is 0.254 e. The minimum Gasteiger partial charge on any atom is -0.457 e. The molecule has 3 aromatic carbocycles. The molecule has 1 aliphatic rings. The first kappa shape index (κ1) is 21.9. The van der Waals surface area contributed by atoms with Crippen LogP contribution in [0.2, 0.25) is 0 Å². The molecule has 0 radical (unpaired) electrons. The Hall–Kier alpha value is -3.97. The monoisotopic (exact) mass is 454 g/mol. The van der Waals surface area contributed by atoms with Crippen molar-refractivity contribution in [3.63, 3.8) is 0 Å². The Kier molecular flexibility index (Phi) is 6.35. The maximum absolute atomic E-state index is 13.1. The summed E-state index contributed by atoms with van der Waals surface area (Å²) in [5.74, 6) is 2.58. The number of hydrogen-bond donors (Lipinski definition) is 0. The van der Waals surface area contributed by atoms with E-state index in [1.165, 1.54) is 0 Å². The zero-order valence-corrected chi connectivity index (χ0v) is 19.0. The summed E-state index contributed by atoms with van der Waals surface area (Å²) in [4.78, 5) is 21.9. The molecular formula is C27H26N4O3. The summed E-state index contributed by atoms with van der Waals surface area (Å²) < 4.78 is 11.4. The molecule has 1 fully saturated rings. The molecule has 1 aromatic heterocycles. The van der Waals surface area contributed by atoms with Crippen LogP contribution in [0.15, 0.2) is 89.5 Å². The van der Waals surface area contributed by atoms with E-state index in [0.717, 1.165) is 24.4 Å². The van der Waals surface area contributed by atoms with Crippen molar-refractivity contribution >= 4 is 5.91 Å². The van der Waals surface area contributed by atoms with Gasteiger partial charge in [-0.2, -0.15) is 4.98 Å². The summed E-state index contributed by atoms with van der Waals surface area (Å²) >= 11 is 0. The highest BCUT2D eigenvalue weighted by Gasteiger charge is 2.28. The molecule has 7 nitrogen and oxygen atoms in total. The average Bonchev–Trinajstić information content (AvgIpc) is 3.40. The fourth-order valence-corrected chi connectivity index (χ4v) is 4.08. The van der Waals surface area contributed by atoms with Crippen molar-refractivity contribution in [1.29, 1.82) is 0 Å². The molecule has 0 N–H and O–H groups in total. The van der Waals surface area contributed by atoms with Crippen molar-refractivity contribution in [1.82, 2.24) is 19.9 Å². The van der Waals surface area contributed by atoms with Crippen LogP contribution in [0.3, 0.4) is 0 Å². The first-order valence-corrected chi connectivity index (χ1v) is 11.4. The van der Waals surface area contributed by atoms with Gasteiger partial charge in [-0.1, -0.05) is 59.8 Å². The van der Waals surface area contributed by atoms with Gasteiger partial charge < -0.3 is 14.2 Å². The number of carbonyl (C=O) groups excluding carboxylic acids is 1. The predicted octanol–water partition coefficient (Wildman–Crippen LogP) is 5.05. The number of carbonyl (C=O) groups is 1. The van der Waals surface area contributed by atoms with Gasteiger partial charge in [0.1, 0.15) is 11.5 Å². The number of aromatic nitrogens is 2. The molecule has 172 valence electrons. The SMILES string of the molecule is CC(c1nc(-c2ccccc2)no1)N1CCN(C(=O)c2cccc(Oc3ccccc3)c2)CC1. The summed E-state index contributed by atoms with van der Waals surface area (Å²) in [5.41, 5.74) is 1.55. The molecule has 5 rings (SSSR count). The quantitative estimate of drug-likeness (QED) is 0.406. The third-order valence-corrected chi connectivity index (χ3v) is 6.04. The zero-order chi connectivity index (χ0) is 23.3. The lowest BCUT2D eigenvalue weighted by Crippen LogP contribution is -2.49. The minimum atomic E-state index is -0.0233. The Balaban J connectivity index is 1.19. The smallest absolute Gasteiger partial charge is 0.254 e. The van der Waals surface area contributed by atoms with Crippen LogP contribution >= 0.6 is 0 Å². The fraction of sp³-hybridized carbons (Fsp3) is 0.222. The van der Waals surface area contributed by atoms with E-state index in [9.17, 15) is 4.79 Å². The molecule has 2 heterocycles.